The molecule has 0 aliphatic carbocycles. The lowest BCUT2D eigenvalue weighted by Crippen LogP contribution is -2.41. The summed E-state index contributed by atoms with van der Waals surface area (Å²) in [6.45, 7) is 2.53. The van der Waals surface area contributed by atoms with Crippen molar-refractivity contribution in [2.45, 2.75) is 19.4 Å². The van der Waals surface area contributed by atoms with Crippen molar-refractivity contribution < 1.29 is 19.1 Å². The van der Waals surface area contributed by atoms with Crippen LogP contribution in [-0.4, -0.2) is 43.8 Å². The van der Waals surface area contributed by atoms with Crippen molar-refractivity contribution in [3.05, 3.63) is 0 Å². The van der Waals surface area contributed by atoms with Crippen molar-refractivity contribution in [2.24, 2.45) is 5.92 Å². The van der Waals surface area contributed by atoms with Crippen molar-refractivity contribution in [3.63, 3.8) is 0 Å². The average Bonchev–Trinajstić information content (AvgIpc) is 2.58. The van der Waals surface area contributed by atoms with Crippen molar-refractivity contribution in [2.75, 3.05) is 20.8 Å². The van der Waals surface area contributed by atoms with Gasteiger partial charge in [0.2, 0.25) is 0 Å². The predicted octanol–water partition coefficient (Wildman–Crippen LogP) is 0.636. The van der Waals surface area contributed by atoms with Crippen LogP contribution >= 0.6 is 0 Å². The van der Waals surface area contributed by atoms with Crippen molar-refractivity contribution in [1.82, 2.24) is 4.90 Å². The van der Waals surface area contributed by atoms with Crippen LogP contribution < -0.4 is 0 Å². The number of hydrogen-bond donors (Lipinski definition) is 0. The largest absolute Gasteiger partial charge is 0.467 e. The summed E-state index contributed by atoms with van der Waals surface area (Å²) < 4.78 is 9.21. The van der Waals surface area contributed by atoms with Crippen molar-refractivity contribution >= 4 is 12.1 Å². The zero-order valence-electron chi connectivity index (χ0n) is 8.65. The lowest BCUT2D eigenvalue weighted by Gasteiger charge is -2.20. The summed E-state index contributed by atoms with van der Waals surface area (Å²) in [6.07, 6.45) is 0.173. The van der Waals surface area contributed by atoms with Gasteiger partial charge in [-0.3, -0.25) is 4.90 Å². The Morgan fingerprint density at radius 3 is 2.43 bits per heavy atom. The summed E-state index contributed by atoms with van der Waals surface area (Å²) in [7, 11) is 2.63. The van der Waals surface area contributed by atoms with Gasteiger partial charge < -0.3 is 9.47 Å². The molecule has 0 bridgehead atoms. The molecule has 0 aromatic rings. The molecule has 1 saturated heterocycles. The molecule has 14 heavy (non-hydrogen) atoms. The SMILES string of the molecule is COC(=O)[C@@H]1C[C@@H](C)CN1C(=O)OC. The fraction of sp³-hybridized carbons (Fsp3) is 0.778. The third-order valence-corrected chi connectivity index (χ3v) is 2.39. The third kappa shape index (κ3) is 1.97. The maximum Gasteiger partial charge on any atom is 0.410 e. The van der Waals surface area contributed by atoms with E-state index in [-0.39, 0.29) is 5.97 Å². The minimum Gasteiger partial charge on any atom is -0.467 e. The van der Waals surface area contributed by atoms with Gasteiger partial charge in [-0.15, -0.1) is 0 Å². The molecule has 0 aromatic heterocycles. The Labute approximate surface area is 83.0 Å². The van der Waals surface area contributed by atoms with Gasteiger partial charge in [-0.25, -0.2) is 9.59 Å². The van der Waals surface area contributed by atoms with Crippen LogP contribution in [0.2, 0.25) is 0 Å². The summed E-state index contributed by atoms with van der Waals surface area (Å²) >= 11 is 0. The minimum absolute atomic E-state index is 0.304. The van der Waals surface area contributed by atoms with Gasteiger partial charge in [0.05, 0.1) is 14.2 Å². The second-order valence-electron chi connectivity index (χ2n) is 3.50. The number of likely N-dealkylation sites (tertiary alicyclic amines) is 1. The Morgan fingerprint density at radius 1 is 1.29 bits per heavy atom. The number of nitrogens with zero attached hydrogens (tertiary/aromatic N) is 1. The molecule has 1 aliphatic heterocycles. The molecule has 0 radical (unpaired) electrons. The van der Waals surface area contributed by atoms with Crippen LogP contribution in [0.5, 0.6) is 0 Å². The van der Waals surface area contributed by atoms with Crippen LogP contribution in [0.15, 0.2) is 0 Å². The van der Waals surface area contributed by atoms with E-state index in [1.807, 2.05) is 6.92 Å². The Kier molecular flexibility index (Phi) is 3.33. The Balaban J connectivity index is 2.72. The van der Waals surface area contributed by atoms with Crippen LogP contribution in [0.4, 0.5) is 4.79 Å². The lowest BCUT2D eigenvalue weighted by atomic mass is 10.1. The fourth-order valence-corrected chi connectivity index (χ4v) is 1.72. The highest BCUT2D eigenvalue weighted by Crippen LogP contribution is 2.24. The Bertz CT molecular complexity index is 217. The van der Waals surface area contributed by atoms with E-state index in [4.69, 9.17) is 0 Å². The monoisotopic (exact) mass is 201 g/mol. The van der Waals surface area contributed by atoms with E-state index in [1.165, 1.54) is 19.1 Å². The highest BCUT2D eigenvalue weighted by atomic mass is 16.5. The van der Waals surface area contributed by atoms with Gasteiger partial charge in [-0.1, -0.05) is 6.92 Å². The number of ether oxygens (including phenoxy) is 2. The highest BCUT2D eigenvalue weighted by molar-refractivity contribution is 5.82. The zero-order chi connectivity index (χ0) is 10.7. The smallest absolute Gasteiger partial charge is 0.410 e. The molecule has 1 fully saturated rings. The number of methoxy groups -OCH3 is 2. The molecule has 1 aliphatic rings. The van der Waals surface area contributed by atoms with E-state index in [2.05, 4.69) is 9.47 Å². The van der Waals surface area contributed by atoms with E-state index in [0.29, 0.717) is 18.9 Å². The topological polar surface area (TPSA) is 55.8 Å². The van der Waals surface area contributed by atoms with E-state index in [9.17, 15) is 9.59 Å². The molecule has 1 amide bonds. The van der Waals surface area contributed by atoms with Gasteiger partial charge in [-0.2, -0.15) is 0 Å². The Morgan fingerprint density at radius 2 is 1.93 bits per heavy atom. The molecule has 2 atom stereocenters. The number of carbonyl (C=O) groups excluding carboxylic acids is 2. The average molecular weight is 201 g/mol. The number of rotatable bonds is 1. The summed E-state index contributed by atoms with van der Waals surface area (Å²) in [5.74, 6) is -0.0713. The molecule has 0 saturated carbocycles. The maximum absolute atomic E-state index is 11.3. The first-order chi connectivity index (χ1) is 6.60. The number of amides is 1. The first-order valence-corrected chi connectivity index (χ1v) is 4.52. The summed E-state index contributed by atoms with van der Waals surface area (Å²) in [4.78, 5) is 24.0. The molecule has 0 aromatic carbocycles. The molecule has 5 nitrogen and oxygen atoms in total. The van der Waals surface area contributed by atoms with E-state index < -0.39 is 12.1 Å². The standard InChI is InChI=1S/C9H15NO4/c1-6-4-7(8(11)13-2)10(5-6)9(12)14-3/h6-7H,4-5H2,1-3H3/t6-,7+/m1/s1. The zero-order valence-corrected chi connectivity index (χ0v) is 8.65. The van der Waals surface area contributed by atoms with E-state index in [0.717, 1.165) is 0 Å². The molecule has 0 N–H and O–H groups in total. The molecule has 1 rings (SSSR count). The number of hydrogen-bond acceptors (Lipinski definition) is 4. The Hall–Kier alpha value is -1.26. The minimum atomic E-state index is -0.484. The van der Waals surface area contributed by atoms with Crippen LogP contribution in [0, 0.1) is 5.92 Å². The third-order valence-electron chi connectivity index (χ3n) is 2.39. The second kappa shape index (κ2) is 4.30. The predicted molar refractivity (Wildman–Crippen MR) is 48.7 cm³/mol. The van der Waals surface area contributed by atoms with Gasteiger partial charge in [0.25, 0.3) is 0 Å². The van der Waals surface area contributed by atoms with Crippen LogP contribution in [0.3, 0.4) is 0 Å². The fourth-order valence-electron chi connectivity index (χ4n) is 1.72. The van der Waals surface area contributed by atoms with Gasteiger partial charge in [0, 0.05) is 6.54 Å². The number of carbonyl (C=O) groups is 2. The molecular formula is C9H15NO4. The van der Waals surface area contributed by atoms with Gasteiger partial charge in [0.15, 0.2) is 0 Å². The first kappa shape index (κ1) is 10.8. The van der Waals surface area contributed by atoms with Crippen LogP contribution in [0.25, 0.3) is 0 Å². The molecule has 1 heterocycles. The highest BCUT2D eigenvalue weighted by Gasteiger charge is 2.39. The van der Waals surface area contributed by atoms with E-state index >= 15 is 0 Å². The van der Waals surface area contributed by atoms with Gasteiger partial charge in [0.1, 0.15) is 6.04 Å². The van der Waals surface area contributed by atoms with Crippen molar-refractivity contribution in [3.8, 4) is 0 Å². The molecule has 0 spiro atoms. The number of esters is 1. The molecular weight excluding hydrogens is 186 g/mol. The lowest BCUT2D eigenvalue weighted by molar-refractivity contribution is -0.145. The quantitative estimate of drug-likeness (QED) is 0.584. The summed E-state index contributed by atoms with van der Waals surface area (Å²) in [6, 6.07) is -0.484. The van der Waals surface area contributed by atoms with Gasteiger partial charge in [-0.05, 0) is 12.3 Å². The van der Waals surface area contributed by atoms with Crippen molar-refractivity contribution in [1.29, 1.82) is 0 Å². The van der Waals surface area contributed by atoms with Crippen LogP contribution in [-0.2, 0) is 14.3 Å². The van der Waals surface area contributed by atoms with Gasteiger partial charge >= 0.3 is 12.1 Å². The normalized spacial score (nSPS) is 26.1. The molecule has 0 unspecified atom stereocenters. The second-order valence-corrected chi connectivity index (χ2v) is 3.50. The maximum atomic E-state index is 11.3. The van der Waals surface area contributed by atoms with Crippen LogP contribution in [0.1, 0.15) is 13.3 Å². The summed E-state index contributed by atoms with van der Waals surface area (Å²) in [5.41, 5.74) is 0. The summed E-state index contributed by atoms with van der Waals surface area (Å²) in [5, 5.41) is 0. The molecule has 80 valence electrons. The van der Waals surface area contributed by atoms with E-state index in [1.54, 1.807) is 0 Å². The molecule has 5 heteroatoms. The first-order valence-electron chi connectivity index (χ1n) is 4.52.